The van der Waals surface area contributed by atoms with Gasteiger partial charge in [0.1, 0.15) is 43.2 Å². The van der Waals surface area contributed by atoms with Crippen molar-refractivity contribution in [2.45, 2.75) is 236 Å². The van der Waals surface area contributed by atoms with Gasteiger partial charge in [-0.1, -0.05) is 134 Å². The van der Waals surface area contributed by atoms with Crippen LogP contribution in [0.1, 0.15) is 181 Å². The minimum atomic E-state index is -5.37. The van der Waals surface area contributed by atoms with E-state index in [0.29, 0.717) is 25.0 Å². The third-order valence-electron chi connectivity index (χ3n) is 11.4. The van der Waals surface area contributed by atoms with Gasteiger partial charge in [0.25, 0.3) is 0 Å². The normalized spacial score (nSPS) is 25.1. The van der Waals surface area contributed by atoms with E-state index in [1.165, 1.54) is 57.8 Å². The van der Waals surface area contributed by atoms with Crippen molar-refractivity contribution in [1.82, 2.24) is 0 Å². The van der Waals surface area contributed by atoms with E-state index in [2.05, 4.69) is 42.7 Å². The molecule has 0 aromatic rings. The predicted octanol–water partition coefficient (Wildman–Crippen LogP) is 7.94. The molecular weight excluding hydrogens is 874 g/mol. The maximum Gasteiger partial charge on any atom is 0.472 e. The molecule has 0 aromatic heterocycles. The van der Waals surface area contributed by atoms with Crippen LogP contribution in [0.2, 0.25) is 0 Å². The quantitative estimate of drug-likeness (QED) is 0.0101. The van der Waals surface area contributed by atoms with Crippen molar-refractivity contribution < 1.29 is 81.6 Å². The first-order chi connectivity index (χ1) is 30.6. The molecule has 10 atom stereocenters. The largest absolute Gasteiger partial charge is 0.472 e. The number of esters is 2. The van der Waals surface area contributed by atoms with Crippen LogP contribution < -0.4 is 0 Å². The lowest BCUT2D eigenvalue weighted by Crippen LogP contribution is -2.64. The highest BCUT2D eigenvalue weighted by atomic mass is 31.2. The zero-order chi connectivity index (χ0) is 47.2. The SMILES string of the molecule is CC/C=C\CCCCCCCCCCCCCC(=O)O[C@H](COC(=O)CCCCCCC/C=C\CC1OC1CCCCC)COP(=O)(O)O[C@H]1C(O)C(O)C(O)[C@@H](OP(=O)(O)O)C1O. The summed E-state index contributed by atoms with van der Waals surface area (Å²) in [5.41, 5.74) is 0. The second-order valence-corrected chi connectivity index (χ2v) is 19.8. The molecule has 7 unspecified atom stereocenters. The lowest BCUT2D eigenvalue weighted by Gasteiger charge is -2.43. The molecule has 0 bridgehead atoms. The van der Waals surface area contributed by atoms with Crippen LogP contribution in [0.5, 0.6) is 0 Å². The number of hydrogen-bond acceptors (Lipinski definition) is 14. The molecule has 19 heteroatoms. The first-order valence-corrected chi connectivity index (χ1v) is 27.0. The number of phosphoric acid groups is 2. The monoisotopic (exact) mass is 957 g/mol. The van der Waals surface area contributed by atoms with Crippen molar-refractivity contribution in [2.24, 2.45) is 0 Å². The zero-order valence-corrected chi connectivity index (χ0v) is 40.2. The molecular formula is C45H82O17P2. The Bertz CT molecular complexity index is 1410. The van der Waals surface area contributed by atoms with Crippen molar-refractivity contribution in [2.75, 3.05) is 13.2 Å². The van der Waals surface area contributed by atoms with Crippen molar-refractivity contribution in [3.63, 3.8) is 0 Å². The average Bonchev–Trinajstić information content (AvgIpc) is 4.00. The number of allylic oxidation sites excluding steroid dienone is 3. The Morgan fingerprint density at radius 2 is 1.09 bits per heavy atom. The van der Waals surface area contributed by atoms with Gasteiger partial charge in [0.05, 0.1) is 18.8 Å². The molecule has 374 valence electrons. The van der Waals surface area contributed by atoms with Gasteiger partial charge in [-0.05, 0) is 57.8 Å². The molecule has 1 saturated heterocycles. The fourth-order valence-electron chi connectivity index (χ4n) is 7.62. The molecule has 2 aliphatic rings. The van der Waals surface area contributed by atoms with E-state index in [1.807, 2.05) is 0 Å². The summed E-state index contributed by atoms with van der Waals surface area (Å²) in [7, 11) is -10.7. The van der Waals surface area contributed by atoms with Crippen LogP contribution in [0.15, 0.2) is 24.3 Å². The third-order valence-corrected chi connectivity index (χ3v) is 12.9. The van der Waals surface area contributed by atoms with E-state index >= 15 is 0 Å². The van der Waals surface area contributed by atoms with E-state index in [-0.39, 0.29) is 12.8 Å². The third kappa shape index (κ3) is 27.3. The minimum absolute atomic E-state index is 0.0388. The molecule has 2 rings (SSSR count). The molecule has 1 saturated carbocycles. The van der Waals surface area contributed by atoms with Crippen molar-refractivity contribution in [1.29, 1.82) is 0 Å². The van der Waals surface area contributed by atoms with Gasteiger partial charge in [-0.2, -0.15) is 0 Å². The smallest absolute Gasteiger partial charge is 0.462 e. The number of aliphatic hydroxyl groups excluding tert-OH is 4. The minimum Gasteiger partial charge on any atom is -0.462 e. The number of rotatable bonds is 39. The second kappa shape index (κ2) is 33.8. The van der Waals surface area contributed by atoms with Gasteiger partial charge in [0.2, 0.25) is 0 Å². The number of unbranched alkanes of at least 4 members (excludes halogenated alkanes) is 18. The summed E-state index contributed by atoms with van der Waals surface area (Å²) in [4.78, 5) is 54.3. The Morgan fingerprint density at radius 3 is 1.64 bits per heavy atom. The fraction of sp³-hybridized carbons (Fsp3) is 0.867. The van der Waals surface area contributed by atoms with Gasteiger partial charge in [-0.15, -0.1) is 0 Å². The molecule has 2 fully saturated rings. The Kier molecular flexibility index (Phi) is 31.0. The summed E-state index contributed by atoms with van der Waals surface area (Å²) in [6, 6.07) is 0. The number of phosphoric ester groups is 2. The van der Waals surface area contributed by atoms with Crippen molar-refractivity contribution >= 4 is 27.6 Å². The first-order valence-electron chi connectivity index (χ1n) is 24.0. The van der Waals surface area contributed by atoms with Crippen LogP contribution in [-0.4, -0.2) is 115 Å². The molecule has 7 N–H and O–H groups in total. The summed E-state index contributed by atoms with van der Waals surface area (Å²) >= 11 is 0. The van der Waals surface area contributed by atoms with E-state index in [1.54, 1.807) is 0 Å². The molecule has 17 nitrogen and oxygen atoms in total. The maximum atomic E-state index is 13.0. The molecule has 0 radical (unpaired) electrons. The lowest BCUT2D eigenvalue weighted by molar-refractivity contribution is -0.216. The van der Waals surface area contributed by atoms with E-state index in [0.717, 1.165) is 83.5 Å². The number of ether oxygens (including phenoxy) is 3. The molecule has 1 aliphatic heterocycles. The summed E-state index contributed by atoms with van der Waals surface area (Å²) in [5, 5.41) is 41.2. The first kappa shape index (κ1) is 58.6. The molecule has 64 heavy (non-hydrogen) atoms. The van der Waals surface area contributed by atoms with Crippen LogP contribution in [0, 0.1) is 0 Å². The Hall–Kier alpha value is -1.56. The Balaban J connectivity index is 1.78. The molecule has 1 heterocycles. The Morgan fingerprint density at radius 1 is 0.578 bits per heavy atom. The number of hydrogen-bond donors (Lipinski definition) is 7. The highest BCUT2D eigenvalue weighted by molar-refractivity contribution is 7.47. The van der Waals surface area contributed by atoms with E-state index in [4.69, 9.17) is 23.3 Å². The topological polar surface area (TPSA) is 269 Å². The number of carbonyl (C=O) groups is 2. The van der Waals surface area contributed by atoms with Crippen LogP contribution in [0.25, 0.3) is 0 Å². The highest BCUT2D eigenvalue weighted by Crippen LogP contribution is 2.49. The average molecular weight is 957 g/mol. The Labute approximate surface area is 381 Å². The van der Waals surface area contributed by atoms with Crippen molar-refractivity contribution in [3.05, 3.63) is 24.3 Å². The van der Waals surface area contributed by atoms with Crippen LogP contribution >= 0.6 is 15.6 Å². The summed E-state index contributed by atoms with van der Waals surface area (Å²) in [5.74, 6) is -1.22. The second-order valence-electron chi connectivity index (χ2n) is 17.2. The standard InChI is InChI=1S/C45H82O17P2/c1-3-5-7-8-9-10-11-12-13-14-15-16-21-24-28-32-39(47)59-35(34-58-64(55,56)62-45-42(50)40(48)41(49)44(43(45)51)61-63(52,53)54)33-57-38(46)31-27-23-20-18-17-19-22-26-30-37-36(60-37)29-25-6-4-2/h5,7,22,26,35-37,40-45,48-51H,3-4,6,8-21,23-25,27-34H2,1-2H3,(H,55,56)(H2,52,53,54)/b7-5-,26-22-/t35-,36?,37?,40?,41?,42?,43?,44-,45+/m1/s1. The molecule has 0 amide bonds. The van der Waals surface area contributed by atoms with Gasteiger partial charge in [0.15, 0.2) is 6.10 Å². The lowest BCUT2D eigenvalue weighted by atomic mass is 9.85. The molecule has 0 spiro atoms. The highest BCUT2D eigenvalue weighted by Gasteiger charge is 2.54. The van der Waals surface area contributed by atoms with Crippen molar-refractivity contribution in [3.8, 4) is 0 Å². The number of aliphatic hydroxyl groups is 4. The summed E-state index contributed by atoms with van der Waals surface area (Å²) < 4.78 is 55.1. The van der Waals surface area contributed by atoms with Gasteiger partial charge in [0, 0.05) is 12.8 Å². The van der Waals surface area contributed by atoms with Crippen LogP contribution in [-0.2, 0) is 46.5 Å². The maximum absolute atomic E-state index is 13.0. The number of carbonyl (C=O) groups excluding carboxylic acids is 2. The molecule has 1 aliphatic carbocycles. The number of epoxide rings is 1. The van der Waals surface area contributed by atoms with Gasteiger partial charge < -0.3 is 49.3 Å². The van der Waals surface area contributed by atoms with Crippen LogP contribution in [0.3, 0.4) is 0 Å². The zero-order valence-electron chi connectivity index (χ0n) is 38.4. The predicted molar refractivity (Wildman–Crippen MR) is 241 cm³/mol. The van der Waals surface area contributed by atoms with Gasteiger partial charge in [-0.25, -0.2) is 9.13 Å². The van der Waals surface area contributed by atoms with E-state index < -0.39 is 83.5 Å². The van der Waals surface area contributed by atoms with Crippen LogP contribution in [0.4, 0.5) is 0 Å². The fourth-order valence-corrected chi connectivity index (χ4v) is 9.16. The van der Waals surface area contributed by atoms with Gasteiger partial charge >= 0.3 is 27.6 Å². The van der Waals surface area contributed by atoms with E-state index in [9.17, 15) is 53.8 Å². The van der Waals surface area contributed by atoms with Gasteiger partial charge in [-0.3, -0.25) is 23.2 Å². The summed E-state index contributed by atoms with van der Waals surface area (Å²) in [6.45, 7) is 2.98. The molecule has 0 aromatic carbocycles. The summed E-state index contributed by atoms with van der Waals surface area (Å²) in [6.07, 6.45) is 20.2.